The Bertz CT molecular complexity index is 2250. The van der Waals surface area contributed by atoms with Gasteiger partial charge >= 0.3 is 0 Å². The molecule has 4 N–H and O–H groups in total. The highest BCUT2D eigenvalue weighted by molar-refractivity contribution is 6.33. The second kappa shape index (κ2) is 13.9. The Morgan fingerprint density at radius 3 is 2.69 bits per heavy atom. The quantitative estimate of drug-likeness (QED) is 0.165. The third-order valence-corrected chi connectivity index (χ3v) is 9.62. The van der Waals surface area contributed by atoms with Gasteiger partial charge in [-0.25, -0.2) is 4.98 Å². The van der Waals surface area contributed by atoms with E-state index in [9.17, 15) is 19.2 Å². The molecule has 3 amide bonds. The van der Waals surface area contributed by atoms with Crippen molar-refractivity contribution in [3.05, 3.63) is 69.7 Å². The molecule has 51 heavy (non-hydrogen) atoms. The summed E-state index contributed by atoms with van der Waals surface area (Å²) >= 11 is 6.56. The number of hydrogen-bond acceptors (Lipinski definition) is 11. The number of hydrogen-bond donors (Lipinski definition) is 4. The van der Waals surface area contributed by atoms with Gasteiger partial charge in [-0.1, -0.05) is 11.6 Å². The van der Waals surface area contributed by atoms with Gasteiger partial charge in [-0.3, -0.25) is 29.2 Å². The lowest BCUT2D eigenvalue weighted by Gasteiger charge is -2.34. The number of nitrogens with zero attached hydrogens (tertiary/aromatic N) is 6. The molecule has 0 radical (unpaired) electrons. The van der Waals surface area contributed by atoms with Gasteiger partial charge in [0.15, 0.2) is 18.2 Å². The lowest BCUT2D eigenvalue weighted by molar-refractivity contribution is -0.134. The summed E-state index contributed by atoms with van der Waals surface area (Å²) in [5.41, 5.74) is 3.55. The molecule has 2 saturated heterocycles. The first-order valence-corrected chi connectivity index (χ1v) is 17.0. The highest BCUT2D eigenvalue weighted by Gasteiger charge is 2.32. The van der Waals surface area contributed by atoms with E-state index in [-0.39, 0.29) is 41.7 Å². The summed E-state index contributed by atoms with van der Waals surface area (Å²) < 4.78 is 8.75. The predicted molar refractivity (Wildman–Crippen MR) is 194 cm³/mol. The van der Waals surface area contributed by atoms with Crippen molar-refractivity contribution in [2.75, 3.05) is 42.3 Å². The number of piperidine rings is 2. The van der Waals surface area contributed by atoms with E-state index >= 15 is 0 Å². The van der Waals surface area contributed by atoms with Crippen LogP contribution in [0.15, 0.2) is 53.5 Å². The molecule has 16 heteroatoms. The van der Waals surface area contributed by atoms with Crippen LogP contribution in [0.4, 0.5) is 23.1 Å². The van der Waals surface area contributed by atoms with Crippen LogP contribution in [-0.4, -0.2) is 74.8 Å². The monoisotopic (exact) mass is 712 g/mol. The lowest BCUT2D eigenvalue weighted by Crippen LogP contribution is -2.43. The Hall–Kier alpha value is -5.70. The first-order chi connectivity index (χ1) is 24.6. The Morgan fingerprint density at radius 1 is 1.06 bits per heavy atom. The Morgan fingerprint density at radius 2 is 1.88 bits per heavy atom. The molecule has 2 aliphatic heterocycles. The van der Waals surface area contributed by atoms with Crippen LogP contribution in [0.3, 0.4) is 0 Å². The van der Waals surface area contributed by atoms with E-state index in [1.807, 2.05) is 43.4 Å². The predicted octanol–water partition coefficient (Wildman–Crippen LogP) is 3.34. The zero-order valence-electron chi connectivity index (χ0n) is 28.3. The SMILES string of the molecule is CNC(=O)COc1cc2cc(Nc3nc(N4CCCC(Nc5ccc6c(C7CCC(=O)NC7=O)nn(C)c6c5)C4)ncc3Cl)ccc2n(C)c1=O. The van der Waals surface area contributed by atoms with Crippen molar-refractivity contribution in [3.8, 4) is 5.75 Å². The van der Waals surface area contributed by atoms with Gasteiger partial charge in [-0.15, -0.1) is 0 Å². The van der Waals surface area contributed by atoms with Gasteiger partial charge in [0.1, 0.15) is 5.02 Å². The van der Waals surface area contributed by atoms with Crippen LogP contribution >= 0.6 is 11.6 Å². The number of aryl methyl sites for hydroxylation is 2. The van der Waals surface area contributed by atoms with Gasteiger partial charge < -0.3 is 30.2 Å². The number of aromatic nitrogens is 5. The number of ether oxygens (including phenoxy) is 1. The molecule has 5 heterocycles. The first-order valence-electron chi connectivity index (χ1n) is 16.7. The number of benzene rings is 2. The minimum atomic E-state index is -0.457. The zero-order valence-corrected chi connectivity index (χ0v) is 29.1. The molecule has 3 aromatic heterocycles. The molecule has 5 aromatic rings. The Balaban J connectivity index is 1.06. The van der Waals surface area contributed by atoms with Gasteiger partial charge in [0.05, 0.1) is 28.8 Å². The number of halogens is 1. The van der Waals surface area contributed by atoms with Crippen molar-refractivity contribution < 1.29 is 19.1 Å². The summed E-state index contributed by atoms with van der Waals surface area (Å²) in [5, 5.41) is 18.5. The number of pyridine rings is 1. The second-order valence-corrected chi connectivity index (χ2v) is 13.2. The molecule has 2 aromatic carbocycles. The largest absolute Gasteiger partial charge is 0.478 e. The standard InChI is InChI=1S/C35H37ClN10O5/c1-37-30(48)18-51-28-14-19-13-20(7-10-26(19)44(2)34(28)50)40-32-25(36)16-38-35(42-32)46-12-4-5-22(17-46)39-21-6-8-23-27(15-21)45(3)43-31(23)24-9-11-29(47)41-33(24)49/h6-8,10,13-16,22,24,39H,4-5,9,11-12,17-18H2,1-3H3,(H,37,48)(H,38,40,42)(H,41,47,49). The summed E-state index contributed by atoms with van der Waals surface area (Å²) in [6, 6.07) is 13.2. The van der Waals surface area contributed by atoms with Crippen LogP contribution < -0.4 is 36.5 Å². The van der Waals surface area contributed by atoms with Crippen molar-refractivity contribution in [2.45, 2.75) is 37.6 Å². The molecule has 264 valence electrons. The summed E-state index contributed by atoms with van der Waals surface area (Å²) in [4.78, 5) is 60.1. The number of fused-ring (bicyclic) bond motifs is 2. The van der Waals surface area contributed by atoms with E-state index in [0.717, 1.165) is 41.4 Å². The van der Waals surface area contributed by atoms with E-state index in [0.29, 0.717) is 53.1 Å². The van der Waals surface area contributed by atoms with Gasteiger partial charge in [0, 0.05) is 68.8 Å². The maximum Gasteiger partial charge on any atom is 0.293 e. The molecule has 2 fully saturated rings. The molecule has 0 bridgehead atoms. The van der Waals surface area contributed by atoms with Crippen LogP contribution in [0.1, 0.15) is 37.3 Å². The molecule has 2 atom stereocenters. The first kappa shape index (κ1) is 33.8. The van der Waals surface area contributed by atoms with E-state index in [1.54, 1.807) is 24.0 Å². The molecule has 7 rings (SSSR count). The van der Waals surface area contributed by atoms with Crippen LogP contribution in [0.5, 0.6) is 5.75 Å². The fraction of sp³-hybridized carbons (Fsp3) is 0.343. The van der Waals surface area contributed by atoms with Gasteiger partial charge in [-0.2, -0.15) is 10.1 Å². The number of likely N-dealkylation sites (N-methyl/N-ethyl adjacent to an activating group) is 1. The normalized spacial score (nSPS) is 17.8. The number of rotatable bonds is 9. The van der Waals surface area contributed by atoms with Crippen LogP contribution in [-0.2, 0) is 28.5 Å². The van der Waals surface area contributed by atoms with Gasteiger partial charge in [0.2, 0.25) is 17.8 Å². The summed E-state index contributed by atoms with van der Waals surface area (Å²) in [7, 11) is 5.01. The van der Waals surface area contributed by atoms with Crippen molar-refractivity contribution in [3.63, 3.8) is 0 Å². The van der Waals surface area contributed by atoms with Crippen molar-refractivity contribution in [1.29, 1.82) is 0 Å². The smallest absolute Gasteiger partial charge is 0.293 e. The molecule has 0 aliphatic carbocycles. The number of amides is 3. The van der Waals surface area contributed by atoms with Crippen molar-refractivity contribution in [1.82, 2.24) is 34.9 Å². The van der Waals surface area contributed by atoms with E-state index < -0.39 is 5.92 Å². The highest BCUT2D eigenvalue weighted by Crippen LogP contribution is 2.33. The number of nitrogens with one attached hydrogen (secondary N) is 4. The lowest BCUT2D eigenvalue weighted by atomic mass is 9.93. The molecular weight excluding hydrogens is 676 g/mol. The molecule has 0 spiro atoms. The molecular formula is C35H37ClN10O5. The van der Waals surface area contributed by atoms with Gasteiger partial charge in [-0.05, 0) is 61.7 Å². The average molecular weight is 713 g/mol. The maximum absolute atomic E-state index is 12.8. The van der Waals surface area contributed by atoms with Crippen LogP contribution in [0.2, 0.25) is 5.02 Å². The van der Waals surface area contributed by atoms with E-state index in [2.05, 4.69) is 36.2 Å². The minimum Gasteiger partial charge on any atom is -0.478 e. The maximum atomic E-state index is 12.8. The molecule has 15 nitrogen and oxygen atoms in total. The van der Waals surface area contributed by atoms with Crippen LogP contribution in [0.25, 0.3) is 21.8 Å². The number of carbonyl (C=O) groups is 3. The molecule has 0 saturated carbocycles. The number of imide groups is 1. The summed E-state index contributed by atoms with van der Waals surface area (Å²) in [5.74, 6) is -0.306. The van der Waals surface area contributed by atoms with Gasteiger partial charge in [0.25, 0.3) is 11.5 Å². The topological polar surface area (TPSA) is 177 Å². The zero-order chi connectivity index (χ0) is 35.8. The third-order valence-electron chi connectivity index (χ3n) is 9.35. The third kappa shape index (κ3) is 6.88. The summed E-state index contributed by atoms with van der Waals surface area (Å²) in [6.45, 7) is 1.17. The summed E-state index contributed by atoms with van der Waals surface area (Å²) in [6.07, 6.45) is 4.20. The Labute approximate surface area is 297 Å². The molecule has 2 aliphatic rings. The van der Waals surface area contributed by atoms with Crippen LogP contribution in [0, 0.1) is 0 Å². The minimum absolute atomic E-state index is 0.0681. The van der Waals surface area contributed by atoms with E-state index in [4.69, 9.17) is 21.3 Å². The van der Waals surface area contributed by atoms with Crippen molar-refractivity contribution in [2.24, 2.45) is 14.1 Å². The number of anilines is 4. The number of carbonyl (C=O) groups excluding carboxylic acids is 3. The second-order valence-electron chi connectivity index (χ2n) is 12.8. The van der Waals surface area contributed by atoms with E-state index in [1.165, 1.54) is 11.6 Å². The highest BCUT2D eigenvalue weighted by atomic mass is 35.5. The van der Waals surface area contributed by atoms with Crippen molar-refractivity contribution >= 4 is 74.3 Å². The molecule has 2 unspecified atom stereocenters. The average Bonchev–Trinajstić information content (AvgIpc) is 3.44. The fourth-order valence-electron chi connectivity index (χ4n) is 6.68. The Kier molecular flexibility index (Phi) is 9.21. The fourth-order valence-corrected chi connectivity index (χ4v) is 6.82.